The van der Waals surface area contributed by atoms with Gasteiger partial charge in [0.05, 0.1) is 11.1 Å². The molecule has 0 N–H and O–H groups in total. The van der Waals surface area contributed by atoms with Crippen molar-refractivity contribution in [1.82, 2.24) is 4.98 Å². The zero-order valence-electron chi connectivity index (χ0n) is 6.95. The van der Waals surface area contributed by atoms with Crippen LogP contribution in [0.4, 0.5) is 18.9 Å². The molecule has 0 atom stereocenters. The average molecular weight is 217 g/mol. The summed E-state index contributed by atoms with van der Waals surface area (Å²) in [7, 11) is 0. The van der Waals surface area contributed by atoms with Gasteiger partial charge >= 0.3 is 5.69 Å². The third kappa shape index (κ3) is 1.85. The number of nitrogens with zero attached hydrogens (tertiary/aromatic N) is 3. The zero-order valence-corrected chi connectivity index (χ0v) is 6.95. The van der Waals surface area contributed by atoms with Gasteiger partial charge in [0.15, 0.2) is 5.56 Å². The van der Waals surface area contributed by atoms with E-state index < -0.39 is 34.1 Å². The summed E-state index contributed by atoms with van der Waals surface area (Å²) < 4.78 is 37.3. The molecule has 0 amide bonds. The summed E-state index contributed by atoms with van der Waals surface area (Å²) in [6.45, 7) is 0. The van der Waals surface area contributed by atoms with E-state index in [2.05, 4.69) is 4.98 Å². The molecular weight excluding hydrogens is 215 g/mol. The van der Waals surface area contributed by atoms with Crippen molar-refractivity contribution in [1.29, 1.82) is 5.26 Å². The molecule has 0 radical (unpaired) electrons. The van der Waals surface area contributed by atoms with Crippen molar-refractivity contribution in [3.05, 3.63) is 33.4 Å². The molecule has 78 valence electrons. The highest BCUT2D eigenvalue weighted by Crippen LogP contribution is 2.32. The molecule has 0 aliphatic heterocycles. The van der Waals surface area contributed by atoms with Crippen LogP contribution in [0.15, 0.2) is 6.20 Å². The van der Waals surface area contributed by atoms with E-state index in [1.165, 1.54) is 6.07 Å². The van der Waals surface area contributed by atoms with E-state index in [1.54, 1.807) is 0 Å². The van der Waals surface area contributed by atoms with Gasteiger partial charge in [-0.25, -0.2) is 13.8 Å². The van der Waals surface area contributed by atoms with Crippen LogP contribution in [0.1, 0.15) is 17.6 Å². The first-order chi connectivity index (χ1) is 6.99. The van der Waals surface area contributed by atoms with Crippen molar-refractivity contribution in [2.75, 3.05) is 0 Å². The van der Waals surface area contributed by atoms with Gasteiger partial charge in [0.25, 0.3) is 6.43 Å². The third-order valence-corrected chi connectivity index (χ3v) is 1.56. The average Bonchev–Trinajstić information content (AvgIpc) is 2.16. The number of alkyl halides is 2. The van der Waals surface area contributed by atoms with Gasteiger partial charge in [-0.05, 0) is 0 Å². The van der Waals surface area contributed by atoms with Crippen LogP contribution in [-0.2, 0) is 0 Å². The number of hydrogen-bond acceptors (Lipinski definition) is 4. The fourth-order valence-electron chi connectivity index (χ4n) is 0.967. The molecule has 5 nitrogen and oxygen atoms in total. The van der Waals surface area contributed by atoms with Crippen molar-refractivity contribution in [2.24, 2.45) is 0 Å². The zero-order chi connectivity index (χ0) is 11.6. The van der Waals surface area contributed by atoms with Gasteiger partial charge in [-0.1, -0.05) is 0 Å². The molecule has 0 aromatic carbocycles. The molecule has 0 fully saturated rings. The van der Waals surface area contributed by atoms with E-state index in [-0.39, 0.29) is 0 Å². The van der Waals surface area contributed by atoms with Crippen LogP contribution in [0.2, 0.25) is 0 Å². The Morgan fingerprint density at radius 3 is 2.60 bits per heavy atom. The van der Waals surface area contributed by atoms with E-state index in [4.69, 9.17) is 5.26 Å². The highest BCUT2D eigenvalue weighted by atomic mass is 19.3. The molecule has 0 aliphatic carbocycles. The number of pyridine rings is 1. The maximum absolute atomic E-state index is 12.8. The van der Waals surface area contributed by atoms with Crippen LogP contribution >= 0.6 is 0 Å². The van der Waals surface area contributed by atoms with Gasteiger partial charge < -0.3 is 0 Å². The minimum atomic E-state index is -3.40. The Bertz CT molecular complexity index is 456. The topological polar surface area (TPSA) is 79.8 Å². The second kappa shape index (κ2) is 3.91. The lowest BCUT2D eigenvalue weighted by Crippen LogP contribution is -2.04. The Hall–Kier alpha value is -2.17. The molecule has 1 heterocycles. The van der Waals surface area contributed by atoms with Crippen molar-refractivity contribution < 1.29 is 18.1 Å². The fourth-order valence-corrected chi connectivity index (χ4v) is 0.967. The number of nitro groups is 1. The van der Waals surface area contributed by atoms with E-state index in [1.807, 2.05) is 0 Å². The van der Waals surface area contributed by atoms with Crippen LogP contribution < -0.4 is 0 Å². The first-order valence-electron chi connectivity index (χ1n) is 3.50. The molecule has 1 aromatic heterocycles. The van der Waals surface area contributed by atoms with Crippen molar-refractivity contribution in [2.45, 2.75) is 6.43 Å². The molecule has 15 heavy (non-hydrogen) atoms. The smallest absolute Gasteiger partial charge is 0.258 e. The molecule has 1 rings (SSSR count). The third-order valence-electron chi connectivity index (χ3n) is 1.56. The predicted octanol–water partition coefficient (Wildman–Crippen LogP) is 1.94. The van der Waals surface area contributed by atoms with E-state index in [9.17, 15) is 23.3 Å². The van der Waals surface area contributed by atoms with Gasteiger partial charge in [-0.2, -0.15) is 9.65 Å². The van der Waals surface area contributed by atoms with Gasteiger partial charge in [0.1, 0.15) is 11.6 Å². The predicted molar refractivity (Wildman–Crippen MR) is 40.5 cm³/mol. The van der Waals surface area contributed by atoms with Gasteiger partial charge in [0.2, 0.25) is 5.95 Å². The maximum Gasteiger partial charge on any atom is 0.302 e. The van der Waals surface area contributed by atoms with E-state index >= 15 is 0 Å². The standard InChI is InChI=1S/C7H2F3N3O2/c8-6(9)4-5(13(14)15)3(1-11)2-12-7(4)10/h2,6H. The Kier molecular flexibility index (Phi) is 2.85. The second-order valence-electron chi connectivity index (χ2n) is 2.39. The molecule has 0 saturated heterocycles. The molecule has 1 aromatic rings. The lowest BCUT2D eigenvalue weighted by molar-refractivity contribution is -0.386. The van der Waals surface area contributed by atoms with Gasteiger partial charge in [0, 0.05) is 0 Å². The lowest BCUT2D eigenvalue weighted by Gasteiger charge is -2.02. The summed E-state index contributed by atoms with van der Waals surface area (Å²) in [4.78, 5) is 12.0. The summed E-state index contributed by atoms with van der Waals surface area (Å²) in [6, 6.07) is 1.30. The SMILES string of the molecule is N#Cc1cnc(F)c(C(F)F)c1[N+](=O)[O-]. The van der Waals surface area contributed by atoms with Crippen molar-refractivity contribution >= 4 is 5.69 Å². The Balaban J connectivity index is 3.60. The molecular formula is C7H2F3N3O2. The molecule has 0 saturated carbocycles. The Morgan fingerprint density at radius 2 is 2.20 bits per heavy atom. The van der Waals surface area contributed by atoms with E-state index in [0.717, 1.165) is 0 Å². The van der Waals surface area contributed by atoms with Crippen molar-refractivity contribution in [3.63, 3.8) is 0 Å². The maximum atomic E-state index is 12.8. The number of aromatic nitrogens is 1. The summed E-state index contributed by atoms with van der Waals surface area (Å²) in [5, 5.41) is 18.8. The van der Waals surface area contributed by atoms with Gasteiger partial charge in [-0.15, -0.1) is 0 Å². The number of hydrogen-bond donors (Lipinski definition) is 0. The summed E-state index contributed by atoms with van der Waals surface area (Å²) in [5.74, 6) is -1.64. The number of nitriles is 1. The molecule has 0 bridgehead atoms. The summed E-state index contributed by atoms with van der Waals surface area (Å²) in [6.07, 6.45) is -2.86. The highest BCUT2D eigenvalue weighted by molar-refractivity contribution is 5.52. The highest BCUT2D eigenvalue weighted by Gasteiger charge is 2.30. The first kappa shape index (κ1) is 10.9. The molecule has 8 heteroatoms. The normalized spacial score (nSPS) is 10.1. The minimum Gasteiger partial charge on any atom is -0.258 e. The molecule has 0 aliphatic rings. The quantitative estimate of drug-likeness (QED) is 0.430. The number of rotatable bonds is 2. The monoisotopic (exact) mass is 217 g/mol. The van der Waals surface area contributed by atoms with Crippen LogP contribution in [-0.4, -0.2) is 9.91 Å². The Morgan fingerprint density at radius 1 is 1.60 bits per heavy atom. The number of halogens is 3. The summed E-state index contributed by atoms with van der Waals surface area (Å²) >= 11 is 0. The Labute approximate surface area is 80.9 Å². The van der Waals surface area contributed by atoms with Crippen LogP contribution in [0, 0.1) is 27.4 Å². The second-order valence-corrected chi connectivity index (χ2v) is 2.39. The van der Waals surface area contributed by atoms with E-state index in [0.29, 0.717) is 6.20 Å². The fraction of sp³-hybridized carbons (Fsp3) is 0.143. The minimum absolute atomic E-state index is 0.541. The van der Waals surface area contributed by atoms with Crippen LogP contribution in [0.5, 0.6) is 0 Å². The van der Waals surface area contributed by atoms with Gasteiger partial charge in [-0.3, -0.25) is 10.1 Å². The van der Waals surface area contributed by atoms with Crippen LogP contribution in [0.3, 0.4) is 0 Å². The lowest BCUT2D eigenvalue weighted by atomic mass is 10.1. The molecule has 0 spiro atoms. The van der Waals surface area contributed by atoms with Crippen molar-refractivity contribution in [3.8, 4) is 6.07 Å². The molecule has 0 unspecified atom stereocenters. The first-order valence-corrected chi connectivity index (χ1v) is 3.50. The van der Waals surface area contributed by atoms with Crippen LogP contribution in [0.25, 0.3) is 0 Å². The summed E-state index contributed by atoms with van der Waals surface area (Å²) in [5.41, 5.74) is -3.39. The largest absolute Gasteiger partial charge is 0.302 e.